The summed E-state index contributed by atoms with van der Waals surface area (Å²) in [6.07, 6.45) is 3.54. The van der Waals surface area contributed by atoms with Crippen molar-refractivity contribution in [3.8, 4) is 5.75 Å². The van der Waals surface area contributed by atoms with Crippen LogP contribution in [0.5, 0.6) is 5.75 Å². The first kappa shape index (κ1) is 19.3. The van der Waals surface area contributed by atoms with Crippen LogP contribution in [0.25, 0.3) is 0 Å². The van der Waals surface area contributed by atoms with Gasteiger partial charge in [-0.3, -0.25) is 4.79 Å². The minimum atomic E-state index is 0. The summed E-state index contributed by atoms with van der Waals surface area (Å²) in [4.78, 5) is 12.2. The molecule has 1 heterocycles. The zero-order chi connectivity index (χ0) is 16.8. The molecule has 0 radical (unpaired) electrons. The van der Waals surface area contributed by atoms with Gasteiger partial charge < -0.3 is 15.4 Å². The van der Waals surface area contributed by atoms with E-state index >= 15 is 0 Å². The highest BCUT2D eigenvalue weighted by atomic mass is 35.5. The van der Waals surface area contributed by atoms with Gasteiger partial charge in [0.15, 0.2) is 0 Å². The lowest BCUT2D eigenvalue weighted by Crippen LogP contribution is -2.27. The van der Waals surface area contributed by atoms with E-state index in [0.29, 0.717) is 12.5 Å². The molecule has 1 saturated heterocycles. The zero-order valence-electron chi connectivity index (χ0n) is 14.5. The highest BCUT2D eigenvalue weighted by Crippen LogP contribution is 2.25. The lowest BCUT2D eigenvalue weighted by Gasteiger charge is -2.13. The molecule has 1 atom stereocenters. The summed E-state index contributed by atoms with van der Waals surface area (Å²) >= 11 is 0. The first-order chi connectivity index (χ1) is 11.7. The van der Waals surface area contributed by atoms with Gasteiger partial charge in [0.25, 0.3) is 0 Å². The van der Waals surface area contributed by atoms with E-state index < -0.39 is 0 Å². The van der Waals surface area contributed by atoms with Crippen molar-refractivity contribution in [2.24, 2.45) is 0 Å². The molecule has 1 amide bonds. The summed E-state index contributed by atoms with van der Waals surface area (Å²) in [6.45, 7) is 1.02. The normalized spacial score (nSPS) is 16.1. The van der Waals surface area contributed by atoms with Gasteiger partial charge in [-0.15, -0.1) is 12.4 Å². The fourth-order valence-electron chi connectivity index (χ4n) is 3.18. The fraction of sp³-hybridized carbons (Fsp3) is 0.350. The van der Waals surface area contributed by atoms with E-state index in [-0.39, 0.29) is 18.3 Å². The van der Waals surface area contributed by atoms with E-state index in [4.69, 9.17) is 4.74 Å². The van der Waals surface area contributed by atoms with Crippen LogP contribution in [-0.4, -0.2) is 25.6 Å². The van der Waals surface area contributed by atoms with Gasteiger partial charge in [-0.2, -0.15) is 0 Å². The number of halogens is 1. The Kier molecular flexibility index (Phi) is 7.29. The smallest absolute Gasteiger partial charge is 0.225 e. The predicted octanol–water partition coefficient (Wildman–Crippen LogP) is 3.79. The molecule has 1 fully saturated rings. The molecule has 2 N–H and O–H groups in total. The van der Waals surface area contributed by atoms with Crippen LogP contribution in [0.4, 0.5) is 5.69 Å². The van der Waals surface area contributed by atoms with Crippen LogP contribution in [-0.2, 0) is 11.2 Å². The molecule has 0 aromatic heterocycles. The molecule has 5 heteroatoms. The third-order valence-corrected chi connectivity index (χ3v) is 4.40. The van der Waals surface area contributed by atoms with E-state index in [1.54, 1.807) is 7.11 Å². The molecule has 1 aliphatic heterocycles. The Bertz CT molecular complexity index is 685. The van der Waals surface area contributed by atoms with Gasteiger partial charge in [0, 0.05) is 30.1 Å². The number of benzene rings is 2. The molecule has 2 aromatic carbocycles. The van der Waals surface area contributed by atoms with Crippen molar-refractivity contribution >= 4 is 24.0 Å². The molecular weight excluding hydrogens is 336 g/mol. The van der Waals surface area contributed by atoms with Gasteiger partial charge in [-0.25, -0.2) is 0 Å². The average Bonchev–Trinajstić information content (AvgIpc) is 3.09. The number of rotatable bonds is 6. The molecular formula is C20H25ClN2O2. The van der Waals surface area contributed by atoms with Crippen molar-refractivity contribution in [3.63, 3.8) is 0 Å². The van der Waals surface area contributed by atoms with Crippen molar-refractivity contribution in [2.45, 2.75) is 31.7 Å². The maximum absolute atomic E-state index is 12.2. The second-order valence-electron chi connectivity index (χ2n) is 6.23. The van der Waals surface area contributed by atoms with Crippen LogP contribution < -0.4 is 15.4 Å². The Morgan fingerprint density at radius 1 is 1.24 bits per heavy atom. The number of amides is 1. The largest absolute Gasteiger partial charge is 0.496 e. The predicted molar refractivity (Wildman–Crippen MR) is 104 cm³/mol. The van der Waals surface area contributed by atoms with Crippen molar-refractivity contribution < 1.29 is 9.53 Å². The first-order valence-electron chi connectivity index (χ1n) is 8.48. The van der Waals surface area contributed by atoms with Gasteiger partial charge in [-0.05, 0) is 43.1 Å². The molecule has 134 valence electrons. The highest BCUT2D eigenvalue weighted by Gasteiger charge is 2.18. The van der Waals surface area contributed by atoms with Gasteiger partial charge in [-0.1, -0.05) is 30.3 Å². The molecule has 3 rings (SSSR count). The zero-order valence-corrected chi connectivity index (χ0v) is 15.3. The number of ether oxygens (including phenoxy) is 1. The van der Waals surface area contributed by atoms with Crippen LogP contribution >= 0.6 is 12.4 Å². The van der Waals surface area contributed by atoms with Gasteiger partial charge in [0.05, 0.1) is 7.11 Å². The topological polar surface area (TPSA) is 50.4 Å². The quantitative estimate of drug-likeness (QED) is 0.824. The van der Waals surface area contributed by atoms with Gasteiger partial charge in [0.2, 0.25) is 5.91 Å². The van der Waals surface area contributed by atoms with Crippen LogP contribution in [0, 0.1) is 0 Å². The van der Waals surface area contributed by atoms with E-state index in [1.165, 1.54) is 5.56 Å². The Morgan fingerprint density at radius 3 is 2.72 bits per heavy atom. The summed E-state index contributed by atoms with van der Waals surface area (Å²) < 4.78 is 5.46. The molecule has 2 aromatic rings. The number of anilines is 1. The van der Waals surface area contributed by atoms with Crippen molar-refractivity contribution in [1.29, 1.82) is 0 Å². The molecule has 0 spiro atoms. The van der Waals surface area contributed by atoms with Crippen LogP contribution in [0.2, 0.25) is 0 Å². The summed E-state index contributed by atoms with van der Waals surface area (Å²) in [5.41, 5.74) is 3.11. The first-order valence-corrected chi connectivity index (χ1v) is 8.48. The number of methoxy groups -OCH3 is 1. The van der Waals surface area contributed by atoms with E-state index in [0.717, 1.165) is 42.8 Å². The summed E-state index contributed by atoms with van der Waals surface area (Å²) in [7, 11) is 1.67. The third-order valence-electron chi connectivity index (χ3n) is 4.40. The summed E-state index contributed by atoms with van der Waals surface area (Å²) in [5.74, 6) is 0.902. The molecule has 4 nitrogen and oxygen atoms in total. The molecule has 0 bridgehead atoms. The van der Waals surface area contributed by atoms with E-state index in [9.17, 15) is 4.79 Å². The minimum absolute atomic E-state index is 0. The lowest BCUT2D eigenvalue weighted by molar-refractivity contribution is -0.116. The maximum atomic E-state index is 12.2. The second kappa shape index (κ2) is 9.44. The van der Waals surface area contributed by atoms with Crippen LogP contribution in [0.1, 0.15) is 30.4 Å². The molecule has 0 saturated carbocycles. The van der Waals surface area contributed by atoms with Crippen LogP contribution in [0.15, 0.2) is 48.5 Å². The SMILES string of the molecule is COc1ccc(NC(=O)CC2CCCN2)cc1Cc1ccccc1.Cl. The van der Waals surface area contributed by atoms with E-state index in [2.05, 4.69) is 22.8 Å². The summed E-state index contributed by atoms with van der Waals surface area (Å²) in [6, 6.07) is 16.4. The Labute approximate surface area is 155 Å². The lowest BCUT2D eigenvalue weighted by atomic mass is 10.0. The number of carbonyl (C=O) groups is 1. The van der Waals surface area contributed by atoms with Crippen molar-refractivity contribution in [3.05, 3.63) is 59.7 Å². The molecule has 1 unspecified atom stereocenters. The number of hydrogen-bond acceptors (Lipinski definition) is 3. The number of nitrogens with one attached hydrogen (secondary N) is 2. The Morgan fingerprint density at radius 2 is 2.04 bits per heavy atom. The Balaban J connectivity index is 0.00000225. The van der Waals surface area contributed by atoms with E-state index in [1.807, 2.05) is 36.4 Å². The van der Waals surface area contributed by atoms with Crippen molar-refractivity contribution in [2.75, 3.05) is 19.0 Å². The average molecular weight is 361 g/mol. The van der Waals surface area contributed by atoms with Crippen LogP contribution in [0.3, 0.4) is 0 Å². The molecule has 25 heavy (non-hydrogen) atoms. The fourth-order valence-corrected chi connectivity index (χ4v) is 3.18. The molecule has 1 aliphatic rings. The minimum Gasteiger partial charge on any atom is -0.496 e. The number of hydrogen-bond donors (Lipinski definition) is 2. The third kappa shape index (κ3) is 5.48. The van der Waals surface area contributed by atoms with Crippen molar-refractivity contribution in [1.82, 2.24) is 5.32 Å². The number of carbonyl (C=O) groups excluding carboxylic acids is 1. The molecule has 0 aliphatic carbocycles. The Hall–Kier alpha value is -2.04. The second-order valence-corrected chi connectivity index (χ2v) is 6.23. The monoisotopic (exact) mass is 360 g/mol. The standard InChI is InChI=1S/C20H24N2O2.ClH/c1-24-19-10-9-18(22-20(23)14-17-8-5-11-21-17)13-16(19)12-15-6-3-2-4-7-15;/h2-4,6-7,9-10,13,17,21H,5,8,11-12,14H2,1H3,(H,22,23);1H. The summed E-state index contributed by atoms with van der Waals surface area (Å²) in [5, 5.41) is 6.37. The van der Waals surface area contributed by atoms with Gasteiger partial charge in [0.1, 0.15) is 5.75 Å². The maximum Gasteiger partial charge on any atom is 0.225 e. The van der Waals surface area contributed by atoms with Gasteiger partial charge >= 0.3 is 0 Å². The highest BCUT2D eigenvalue weighted by molar-refractivity contribution is 5.91.